The topological polar surface area (TPSA) is 113 Å². The number of hydrazine groups is 1. The molecule has 0 atom stereocenters. The van der Waals surface area contributed by atoms with E-state index in [9.17, 15) is 14.4 Å². The first-order chi connectivity index (χ1) is 15.5. The summed E-state index contributed by atoms with van der Waals surface area (Å²) in [6.45, 7) is 0. The van der Waals surface area contributed by atoms with Crippen LogP contribution >= 0.6 is 22.9 Å². The SMILES string of the molecule is O=C(NNC(=O)c1cc(-c2ccccc2)on1)c1ccc(Cl)c(NC(=O)c2cccs2)c1. The predicted octanol–water partition coefficient (Wildman–Crippen LogP) is 4.38. The van der Waals surface area contributed by atoms with E-state index < -0.39 is 11.8 Å². The van der Waals surface area contributed by atoms with Gasteiger partial charge < -0.3 is 9.84 Å². The molecule has 0 saturated heterocycles. The Hall–Kier alpha value is -3.95. The second kappa shape index (κ2) is 9.46. The van der Waals surface area contributed by atoms with Crippen molar-refractivity contribution in [2.45, 2.75) is 0 Å². The minimum atomic E-state index is -0.649. The van der Waals surface area contributed by atoms with Crippen molar-refractivity contribution in [3.63, 3.8) is 0 Å². The summed E-state index contributed by atoms with van der Waals surface area (Å²) in [7, 11) is 0. The summed E-state index contributed by atoms with van der Waals surface area (Å²) in [6, 6.07) is 18.4. The van der Waals surface area contributed by atoms with Crippen molar-refractivity contribution in [3.8, 4) is 11.3 Å². The number of hydrogen-bond donors (Lipinski definition) is 3. The van der Waals surface area contributed by atoms with Crippen molar-refractivity contribution in [1.29, 1.82) is 0 Å². The molecule has 0 unspecified atom stereocenters. The van der Waals surface area contributed by atoms with Crippen molar-refractivity contribution in [2.75, 3.05) is 5.32 Å². The van der Waals surface area contributed by atoms with Crippen LogP contribution in [-0.4, -0.2) is 22.9 Å². The highest BCUT2D eigenvalue weighted by Crippen LogP contribution is 2.24. The Morgan fingerprint density at radius 2 is 1.66 bits per heavy atom. The van der Waals surface area contributed by atoms with Crippen LogP contribution in [0.15, 0.2) is 76.6 Å². The molecule has 0 aliphatic rings. The van der Waals surface area contributed by atoms with Gasteiger partial charge in [-0.1, -0.05) is 53.2 Å². The third-order valence-electron chi connectivity index (χ3n) is 4.31. The zero-order valence-electron chi connectivity index (χ0n) is 16.3. The van der Waals surface area contributed by atoms with E-state index in [0.29, 0.717) is 10.6 Å². The maximum atomic E-state index is 12.5. The molecule has 8 nitrogen and oxygen atoms in total. The molecule has 0 aliphatic carbocycles. The lowest BCUT2D eigenvalue weighted by molar-refractivity contribution is 0.0841. The maximum Gasteiger partial charge on any atom is 0.291 e. The highest BCUT2D eigenvalue weighted by atomic mass is 35.5. The van der Waals surface area contributed by atoms with Crippen LogP contribution in [0.25, 0.3) is 11.3 Å². The third-order valence-corrected chi connectivity index (χ3v) is 5.51. The number of carbonyl (C=O) groups excluding carboxylic acids is 3. The molecule has 4 aromatic rings. The van der Waals surface area contributed by atoms with Crippen molar-refractivity contribution >= 4 is 46.3 Å². The summed E-state index contributed by atoms with van der Waals surface area (Å²) in [4.78, 5) is 37.5. The molecule has 0 aliphatic heterocycles. The lowest BCUT2D eigenvalue weighted by atomic mass is 10.1. The molecule has 0 spiro atoms. The largest absolute Gasteiger partial charge is 0.355 e. The van der Waals surface area contributed by atoms with Crippen LogP contribution in [0, 0.1) is 0 Å². The van der Waals surface area contributed by atoms with Crippen LogP contribution in [0.3, 0.4) is 0 Å². The molecule has 0 fully saturated rings. The number of aromatic nitrogens is 1. The van der Waals surface area contributed by atoms with Gasteiger partial charge in [-0.05, 0) is 29.6 Å². The average molecular weight is 467 g/mol. The minimum absolute atomic E-state index is 0.00385. The van der Waals surface area contributed by atoms with Gasteiger partial charge in [0.15, 0.2) is 11.5 Å². The molecule has 160 valence electrons. The fourth-order valence-electron chi connectivity index (χ4n) is 2.72. The highest BCUT2D eigenvalue weighted by molar-refractivity contribution is 7.12. The highest BCUT2D eigenvalue weighted by Gasteiger charge is 2.16. The van der Waals surface area contributed by atoms with Gasteiger partial charge in [0.05, 0.1) is 15.6 Å². The Balaban J connectivity index is 1.39. The normalized spacial score (nSPS) is 10.4. The van der Waals surface area contributed by atoms with Gasteiger partial charge in [-0.25, -0.2) is 0 Å². The molecule has 0 radical (unpaired) electrons. The number of nitrogens with one attached hydrogen (secondary N) is 3. The Kier molecular flexibility index (Phi) is 6.29. The number of benzene rings is 2. The Labute approximate surface area is 191 Å². The van der Waals surface area contributed by atoms with E-state index in [1.165, 1.54) is 35.6 Å². The third kappa shape index (κ3) is 4.85. The van der Waals surface area contributed by atoms with Gasteiger partial charge in [0.1, 0.15) is 0 Å². The molecule has 2 heterocycles. The zero-order valence-corrected chi connectivity index (χ0v) is 17.9. The monoisotopic (exact) mass is 466 g/mol. The summed E-state index contributed by atoms with van der Waals surface area (Å²) in [5.41, 5.74) is 5.80. The number of hydrogen-bond acceptors (Lipinski definition) is 6. The Morgan fingerprint density at radius 1 is 0.875 bits per heavy atom. The van der Waals surface area contributed by atoms with E-state index >= 15 is 0 Å². The second-order valence-corrected chi connectivity index (χ2v) is 7.83. The quantitative estimate of drug-likeness (QED) is 0.378. The molecule has 32 heavy (non-hydrogen) atoms. The van der Waals surface area contributed by atoms with E-state index in [1.54, 1.807) is 17.5 Å². The number of amides is 3. The Bertz CT molecular complexity index is 1270. The molecule has 0 saturated carbocycles. The molecule has 2 aromatic carbocycles. The lowest BCUT2D eigenvalue weighted by Gasteiger charge is -2.10. The fraction of sp³-hybridized carbons (Fsp3) is 0. The van der Waals surface area contributed by atoms with Crippen molar-refractivity contribution in [3.05, 3.63) is 93.3 Å². The maximum absolute atomic E-state index is 12.5. The standard InChI is InChI=1S/C22H15ClN4O4S/c23-15-9-8-14(11-16(15)24-22(30)19-7-4-10-32-19)20(28)25-26-21(29)17-12-18(31-27-17)13-5-2-1-3-6-13/h1-12H,(H,24,30)(H,25,28)(H,26,29). The van der Waals surface area contributed by atoms with Crippen LogP contribution in [-0.2, 0) is 0 Å². The van der Waals surface area contributed by atoms with Gasteiger partial charge in [-0.2, -0.15) is 0 Å². The first kappa shape index (κ1) is 21.3. The van der Waals surface area contributed by atoms with Gasteiger partial charge in [0, 0.05) is 17.2 Å². The molecule has 10 heteroatoms. The van der Waals surface area contributed by atoms with Crippen molar-refractivity contribution in [2.24, 2.45) is 0 Å². The minimum Gasteiger partial charge on any atom is -0.355 e. The van der Waals surface area contributed by atoms with Crippen molar-refractivity contribution < 1.29 is 18.9 Å². The smallest absolute Gasteiger partial charge is 0.291 e. The van der Waals surface area contributed by atoms with Gasteiger partial charge in [-0.15, -0.1) is 11.3 Å². The second-order valence-electron chi connectivity index (χ2n) is 6.48. The van der Waals surface area contributed by atoms with E-state index in [0.717, 1.165) is 5.56 Å². The van der Waals surface area contributed by atoms with Gasteiger partial charge in [0.2, 0.25) is 0 Å². The van der Waals surface area contributed by atoms with E-state index in [-0.39, 0.29) is 27.9 Å². The van der Waals surface area contributed by atoms with Gasteiger partial charge >= 0.3 is 0 Å². The predicted molar refractivity (Wildman–Crippen MR) is 121 cm³/mol. The summed E-state index contributed by atoms with van der Waals surface area (Å²) < 4.78 is 5.18. The summed E-state index contributed by atoms with van der Waals surface area (Å²) in [6.07, 6.45) is 0. The van der Waals surface area contributed by atoms with E-state index in [1.807, 2.05) is 30.3 Å². The lowest BCUT2D eigenvalue weighted by Crippen LogP contribution is -2.41. The zero-order chi connectivity index (χ0) is 22.5. The van der Waals surface area contributed by atoms with Crippen LogP contribution < -0.4 is 16.2 Å². The fourth-order valence-corrected chi connectivity index (χ4v) is 3.51. The first-order valence-corrected chi connectivity index (χ1v) is 10.5. The molecule has 3 N–H and O–H groups in total. The summed E-state index contributed by atoms with van der Waals surface area (Å²) in [5.74, 6) is -1.17. The van der Waals surface area contributed by atoms with Gasteiger partial charge in [0.25, 0.3) is 17.7 Å². The van der Waals surface area contributed by atoms with Crippen LogP contribution in [0.1, 0.15) is 30.5 Å². The molecule has 2 aromatic heterocycles. The number of anilines is 1. The first-order valence-electron chi connectivity index (χ1n) is 9.28. The van der Waals surface area contributed by atoms with E-state index in [2.05, 4.69) is 21.3 Å². The number of thiophene rings is 1. The van der Waals surface area contributed by atoms with E-state index in [4.69, 9.17) is 16.1 Å². The number of rotatable bonds is 5. The van der Waals surface area contributed by atoms with Crippen LogP contribution in [0.4, 0.5) is 5.69 Å². The summed E-state index contributed by atoms with van der Waals surface area (Å²) in [5, 5.41) is 8.44. The molecule has 0 bridgehead atoms. The molecule has 4 rings (SSSR count). The molecular weight excluding hydrogens is 452 g/mol. The van der Waals surface area contributed by atoms with Crippen LogP contribution in [0.5, 0.6) is 0 Å². The Morgan fingerprint density at radius 3 is 2.41 bits per heavy atom. The molecule has 3 amide bonds. The number of nitrogens with zero attached hydrogens (tertiary/aromatic N) is 1. The number of carbonyl (C=O) groups is 3. The van der Waals surface area contributed by atoms with Crippen LogP contribution in [0.2, 0.25) is 5.02 Å². The number of halogens is 1. The van der Waals surface area contributed by atoms with Crippen molar-refractivity contribution in [1.82, 2.24) is 16.0 Å². The molecular formula is C22H15ClN4O4S. The average Bonchev–Trinajstić information content (AvgIpc) is 3.52. The van der Waals surface area contributed by atoms with Gasteiger partial charge in [-0.3, -0.25) is 25.2 Å². The summed E-state index contributed by atoms with van der Waals surface area (Å²) >= 11 is 7.42.